The van der Waals surface area contributed by atoms with E-state index in [2.05, 4.69) is 37.2 Å². The van der Waals surface area contributed by atoms with Crippen molar-refractivity contribution in [2.75, 3.05) is 13.7 Å². The van der Waals surface area contributed by atoms with Gasteiger partial charge in [0.15, 0.2) is 0 Å². The van der Waals surface area contributed by atoms with E-state index in [0.717, 1.165) is 14.7 Å². The number of hydrogen-bond donors (Lipinski definition) is 1. The summed E-state index contributed by atoms with van der Waals surface area (Å²) in [5.41, 5.74) is 0. The molecule has 0 amide bonds. The average molecular weight is 379 g/mol. The molecule has 0 saturated carbocycles. The van der Waals surface area contributed by atoms with Crippen LogP contribution in [0.1, 0.15) is 6.42 Å². The summed E-state index contributed by atoms with van der Waals surface area (Å²) < 4.78 is 12.4. The van der Waals surface area contributed by atoms with Gasteiger partial charge in [0.2, 0.25) is 0 Å². The number of benzene rings is 1. The Balaban J connectivity index is 1.97. The molecule has 6 heteroatoms. The van der Waals surface area contributed by atoms with E-state index in [9.17, 15) is 4.79 Å². The van der Waals surface area contributed by atoms with E-state index in [1.807, 2.05) is 18.2 Å². The van der Waals surface area contributed by atoms with E-state index in [1.165, 1.54) is 7.11 Å². The van der Waals surface area contributed by atoms with Gasteiger partial charge in [-0.25, -0.2) is 0 Å². The molecule has 0 spiro atoms. The van der Waals surface area contributed by atoms with E-state index in [4.69, 9.17) is 9.47 Å². The second-order valence-electron chi connectivity index (χ2n) is 4.03. The third-order valence-corrected chi connectivity index (χ3v) is 3.88. The van der Waals surface area contributed by atoms with Crippen LogP contribution >= 0.6 is 31.9 Å². The number of hydrogen-bond acceptors (Lipinski definition) is 4. The third-order valence-electron chi connectivity index (χ3n) is 2.76. The van der Waals surface area contributed by atoms with Gasteiger partial charge in [0.1, 0.15) is 17.9 Å². The number of esters is 1. The zero-order valence-electron chi connectivity index (χ0n) is 9.78. The zero-order chi connectivity index (χ0) is 13.1. The first-order valence-corrected chi connectivity index (χ1v) is 7.11. The van der Waals surface area contributed by atoms with Crippen LogP contribution in [0.5, 0.6) is 5.75 Å². The lowest BCUT2D eigenvalue weighted by molar-refractivity contribution is -0.142. The van der Waals surface area contributed by atoms with Crippen molar-refractivity contribution in [2.45, 2.75) is 18.6 Å². The molecular formula is C12H13Br2NO3. The first-order valence-electron chi connectivity index (χ1n) is 5.53. The van der Waals surface area contributed by atoms with Gasteiger partial charge in [0.25, 0.3) is 0 Å². The van der Waals surface area contributed by atoms with Gasteiger partial charge in [-0.3, -0.25) is 4.79 Å². The first-order chi connectivity index (χ1) is 8.60. The second kappa shape index (κ2) is 6.04. The Bertz CT molecular complexity index is 453. The summed E-state index contributed by atoms with van der Waals surface area (Å²) in [6, 6.07) is 5.46. The molecule has 1 aromatic carbocycles. The van der Waals surface area contributed by atoms with Crippen LogP contribution in [0.3, 0.4) is 0 Å². The van der Waals surface area contributed by atoms with Crippen molar-refractivity contribution >= 4 is 37.8 Å². The van der Waals surface area contributed by atoms with Crippen LogP contribution in [0.15, 0.2) is 27.1 Å². The summed E-state index contributed by atoms with van der Waals surface area (Å²) in [5.74, 6) is 0.534. The highest BCUT2D eigenvalue weighted by molar-refractivity contribution is 9.11. The number of nitrogens with one attached hydrogen (secondary N) is 1. The molecule has 98 valence electrons. The number of carbonyl (C=O) groups is 1. The van der Waals surface area contributed by atoms with Crippen LogP contribution in [-0.4, -0.2) is 31.8 Å². The van der Waals surface area contributed by atoms with E-state index in [0.29, 0.717) is 13.0 Å². The Kier molecular flexibility index (Phi) is 4.64. The van der Waals surface area contributed by atoms with Crippen LogP contribution in [-0.2, 0) is 9.53 Å². The SMILES string of the molecule is COC(=O)C1CC(Oc2ccc(Br)cc2Br)CN1. The molecule has 1 fully saturated rings. The predicted octanol–water partition coefficient (Wildman–Crippen LogP) is 2.49. The van der Waals surface area contributed by atoms with Crippen LogP contribution in [0.25, 0.3) is 0 Å². The third kappa shape index (κ3) is 3.24. The molecule has 1 saturated heterocycles. The Morgan fingerprint density at radius 3 is 2.89 bits per heavy atom. The lowest BCUT2D eigenvalue weighted by Crippen LogP contribution is -2.31. The zero-order valence-corrected chi connectivity index (χ0v) is 13.0. The molecule has 0 radical (unpaired) electrons. The van der Waals surface area contributed by atoms with Crippen molar-refractivity contribution in [3.05, 3.63) is 27.1 Å². The highest BCUT2D eigenvalue weighted by atomic mass is 79.9. The summed E-state index contributed by atoms with van der Waals surface area (Å²) in [4.78, 5) is 11.4. The molecule has 0 bridgehead atoms. The van der Waals surface area contributed by atoms with Crippen molar-refractivity contribution in [2.24, 2.45) is 0 Å². The van der Waals surface area contributed by atoms with Crippen molar-refractivity contribution < 1.29 is 14.3 Å². The van der Waals surface area contributed by atoms with Gasteiger partial charge >= 0.3 is 5.97 Å². The molecule has 0 aliphatic carbocycles. The van der Waals surface area contributed by atoms with E-state index in [1.54, 1.807) is 0 Å². The van der Waals surface area contributed by atoms with Gasteiger partial charge < -0.3 is 14.8 Å². The summed E-state index contributed by atoms with van der Waals surface area (Å²) >= 11 is 6.83. The fraction of sp³-hybridized carbons (Fsp3) is 0.417. The fourth-order valence-electron chi connectivity index (χ4n) is 1.87. The number of ether oxygens (including phenoxy) is 2. The first kappa shape index (κ1) is 13.8. The van der Waals surface area contributed by atoms with Crippen LogP contribution in [0.4, 0.5) is 0 Å². The van der Waals surface area contributed by atoms with Gasteiger partial charge in [-0.1, -0.05) is 15.9 Å². The van der Waals surface area contributed by atoms with E-state index in [-0.39, 0.29) is 18.1 Å². The molecular weight excluding hydrogens is 366 g/mol. The summed E-state index contributed by atoms with van der Waals surface area (Å²) in [6.45, 7) is 0.641. The van der Waals surface area contributed by atoms with E-state index < -0.39 is 0 Å². The highest BCUT2D eigenvalue weighted by Gasteiger charge is 2.31. The predicted molar refractivity (Wildman–Crippen MR) is 74.7 cm³/mol. The Morgan fingerprint density at radius 1 is 1.44 bits per heavy atom. The Hall–Kier alpha value is -0.590. The average Bonchev–Trinajstić information content (AvgIpc) is 2.80. The van der Waals surface area contributed by atoms with Crippen molar-refractivity contribution in [1.82, 2.24) is 5.32 Å². The Labute approximate surface area is 122 Å². The maximum atomic E-state index is 11.4. The largest absolute Gasteiger partial charge is 0.488 e. The molecule has 1 heterocycles. The maximum absolute atomic E-state index is 11.4. The number of halogens is 2. The topological polar surface area (TPSA) is 47.6 Å². The van der Waals surface area contributed by atoms with Gasteiger partial charge in [-0.05, 0) is 34.1 Å². The van der Waals surface area contributed by atoms with Gasteiger partial charge in [-0.15, -0.1) is 0 Å². The number of methoxy groups -OCH3 is 1. The minimum absolute atomic E-state index is 0.0217. The maximum Gasteiger partial charge on any atom is 0.323 e. The van der Waals surface area contributed by atoms with Crippen LogP contribution in [0, 0.1) is 0 Å². The highest BCUT2D eigenvalue weighted by Crippen LogP contribution is 2.30. The van der Waals surface area contributed by atoms with Gasteiger partial charge in [0, 0.05) is 17.4 Å². The molecule has 1 aliphatic rings. The van der Waals surface area contributed by atoms with Crippen molar-refractivity contribution in [3.63, 3.8) is 0 Å². The van der Waals surface area contributed by atoms with E-state index >= 15 is 0 Å². The lowest BCUT2D eigenvalue weighted by atomic mass is 10.2. The molecule has 2 atom stereocenters. The quantitative estimate of drug-likeness (QED) is 0.821. The smallest absolute Gasteiger partial charge is 0.323 e. The summed E-state index contributed by atoms with van der Waals surface area (Å²) in [7, 11) is 1.39. The van der Waals surface area contributed by atoms with Gasteiger partial charge in [0.05, 0.1) is 11.6 Å². The summed E-state index contributed by atoms with van der Waals surface area (Å²) in [6.07, 6.45) is 0.599. The molecule has 1 N–H and O–H groups in total. The standard InChI is InChI=1S/C12H13Br2NO3/c1-17-12(16)10-5-8(6-15-10)18-11-3-2-7(13)4-9(11)14/h2-4,8,10,15H,5-6H2,1H3. The minimum Gasteiger partial charge on any atom is -0.488 e. The van der Waals surface area contributed by atoms with Crippen LogP contribution < -0.4 is 10.1 Å². The molecule has 18 heavy (non-hydrogen) atoms. The normalized spacial score (nSPS) is 22.8. The molecule has 2 rings (SSSR count). The molecule has 1 aromatic rings. The van der Waals surface area contributed by atoms with Crippen LogP contribution in [0.2, 0.25) is 0 Å². The lowest BCUT2D eigenvalue weighted by Gasteiger charge is -2.14. The van der Waals surface area contributed by atoms with Gasteiger partial charge in [-0.2, -0.15) is 0 Å². The molecule has 0 aromatic heterocycles. The molecule has 1 aliphatic heterocycles. The number of carbonyl (C=O) groups excluding carboxylic acids is 1. The molecule has 4 nitrogen and oxygen atoms in total. The monoisotopic (exact) mass is 377 g/mol. The fourth-order valence-corrected chi connectivity index (χ4v) is 3.01. The van der Waals surface area contributed by atoms with Crippen molar-refractivity contribution in [1.29, 1.82) is 0 Å². The second-order valence-corrected chi connectivity index (χ2v) is 5.80. The summed E-state index contributed by atoms with van der Waals surface area (Å²) in [5, 5.41) is 3.08. The molecule has 2 unspecified atom stereocenters. The number of rotatable bonds is 3. The Morgan fingerprint density at radius 2 is 2.22 bits per heavy atom. The minimum atomic E-state index is -0.269. The van der Waals surface area contributed by atoms with Crippen molar-refractivity contribution in [3.8, 4) is 5.75 Å².